The van der Waals surface area contributed by atoms with Gasteiger partial charge in [0.1, 0.15) is 0 Å². The van der Waals surface area contributed by atoms with Crippen molar-refractivity contribution >= 4 is 45.9 Å². The highest BCUT2D eigenvalue weighted by atomic mass is 35.5. The summed E-state index contributed by atoms with van der Waals surface area (Å²) in [6.45, 7) is 0. The summed E-state index contributed by atoms with van der Waals surface area (Å²) in [5.41, 5.74) is 3.30. The van der Waals surface area contributed by atoms with Crippen molar-refractivity contribution in [1.82, 2.24) is 4.98 Å². The molecule has 0 atom stereocenters. The number of anilines is 1. The maximum absolute atomic E-state index is 9.02. The molecule has 0 amide bonds. The summed E-state index contributed by atoms with van der Waals surface area (Å²) in [5.74, 6) is -0.0384. The number of hydrogen-bond donors (Lipinski definition) is 2. The molecule has 7 heteroatoms. The fourth-order valence-electron chi connectivity index (χ4n) is 1.10. The van der Waals surface area contributed by atoms with Crippen molar-refractivity contribution in [2.24, 2.45) is 5.10 Å². The molecule has 0 bridgehead atoms. The van der Waals surface area contributed by atoms with Gasteiger partial charge in [-0.15, -0.1) is 0 Å². The Hall–Kier alpha value is -1.30. The molecule has 0 aliphatic carbocycles. The third kappa shape index (κ3) is 3.09. The summed E-state index contributed by atoms with van der Waals surface area (Å²) in [7, 11) is 0. The van der Waals surface area contributed by atoms with Gasteiger partial charge in [-0.3, -0.25) is 5.43 Å². The van der Waals surface area contributed by atoms with Crippen LogP contribution in [0.25, 0.3) is 0 Å². The average molecular weight is 288 g/mol. The number of benzene rings is 1. The number of halogens is 2. The van der Waals surface area contributed by atoms with Gasteiger partial charge in [0.2, 0.25) is 11.0 Å². The smallest absolute Gasteiger partial charge is 0.223 e. The number of nitrogens with one attached hydrogen (secondary N) is 1. The van der Waals surface area contributed by atoms with Crippen molar-refractivity contribution in [3.05, 3.63) is 39.2 Å². The van der Waals surface area contributed by atoms with Crippen molar-refractivity contribution in [1.29, 1.82) is 0 Å². The molecule has 17 heavy (non-hydrogen) atoms. The van der Waals surface area contributed by atoms with Gasteiger partial charge in [0.15, 0.2) is 0 Å². The average Bonchev–Trinajstić information content (AvgIpc) is 2.69. The summed E-state index contributed by atoms with van der Waals surface area (Å²) < 4.78 is 0. The molecule has 2 aromatic rings. The van der Waals surface area contributed by atoms with Gasteiger partial charge in [-0.25, -0.2) is 0 Å². The number of aromatic hydroxyl groups is 1. The molecule has 2 rings (SSSR count). The molecule has 0 aliphatic rings. The van der Waals surface area contributed by atoms with E-state index < -0.39 is 0 Å². The molecule has 0 aliphatic heterocycles. The minimum atomic E-state index is -0.0384. The van der Waals surface area contributed by atoms with E-state index in [0.29, 0.717) is 20.7 Å². The highest BCUT2D eigenvalue weighted by Gasteiger charge is 2.02. The summed E-state index contributed by atoms with van der Waals surface area (Å²) >= 11 is 13.2. The van der Waals surface area contributed by atoms with E-state index >= 15 is 0 Å². The fourth-order valence-corrected chi connectivity index (χ4v) is 2.12. The van der Waals surface area contributed by atoms with E-state index in [2.05, 4.69) is 15.5 Å². The first-order valence-electron chi connectivity index (χ1n) is 4.54. The first-order chi connectivity index (χ1) is 8.16. The van der Waals surface area contributed by atoms with E-state index in [1.807, 2.05) is 0 Å². The molecule has 0 saturated carbocycles. The van der Waals surface area contributed by atoms with Crippen molar-refractivity contribution in [3.8, 4) is 5.88 Å². The van der Waals surface area contributed by atoms with Crippen LogP contribution < -0.4 is 5.43 Å². The number of hydrogen-bond acceptors (Lipinski definition) is 5. The largest absolute Gasteiger partial charge is 0.493 e. The number of aromatic nitrogens is 1. The lowest BCUT2D eigenvalue weighted by Gasteiger charge is -1.99. The van der Waals surface area contributed by atoms with Gasteiger partial charge in [0, 0.05) is 5.56 Å². The lowest BCUT2D eigenvalue weighted by atomic mass is 10.2. The predicted octanol–water partition coefficient (Wildman–Crippen LogP) is 3.60. The summed E-state index contributed by atoms with van der Waals surface area (Å²) in [6, 6.07) is 5.21. The Morgan fingerprint density at radius 3 is 2.65 bits per heavy atom. The van der Waals surface area contributed by atoms with Gasteiger partial charge in [0.05, 0.1) is 21.6 Å². The number of thiazole rings is 1. The molecule has 0 radical (unpaired) electrons. The van der Waals surface area contributed by atoms with Crippen LogP contribution in [0.3, 0.4) is 0 Å². The summed E-state index contributed by atoms with van der Waals surface area (Å²) in [6.07, 6.45) is 1.50. The van der Waals surface area contributed by atoms with Crippen molar-refractivity contribution in [3.63, 3.8) is 0 Å². The lowest BCUT2D eigenvalue weighted by molar-refractivity contribution is 0.458. The minimum Gasteiger partial charge on any atom is -0.493 e. The second-order valence-corrected chi connectivity index (χ2v) is 4.69. The molecular weight excluding hydrogens is 281 g/mol. The van der Waals surface area contributed by atoms with Crippen LogP contribution in [0.2, 0.25) is 10.0 Å². The van der Waals surface area contributed by atoms with E-state index in [9.17, 15) is 0 Å². The predicted molar refractivity (Wildman–Crippen MR) is 71.5 cm³/mol. The molecule has 1 aromatic carbocycles. The van der Waals surface area contributed by atoms with Crippen LogP contribution in [0.15, 0.2) is 28.7 Å². The van der Waals surface area contributed by atoms with Crippen molar-refractivity contribution in [2.75, 3.05) is 5.43 Å². The van der Waals surface area contributed by atoms with Crippen molar-refractivity contribution < 1.29 is 5.11 Å². The Morgan fingerprint density at radius 2 is 2.06 bits per heavy atom. The number of nitrogens with zero attached hydrogens (tertiary/aromatic N) is 2. The molecule has 0 fully saturated rings. The van der Waals surface area contributed by atoms with Crippen molar-refractivity contribution in [2.45, 2.75) is 0 Å². The number of hydrazone groups is 1. The minimum absolute atomic E-state index is 0.0384. The van der Waals surface area contributed by atoms with Gasteiger partial charge in [-0.1, -0.05) is 40.6 Å². The van der Waals surface area contributed by atoms with E-state index in [-0.39, 0.29) is 5.88 Å². The van der Waals surface area contributed by atoms with Gasteiger partial charge in [-0.05, 0) is 12.1 Å². The third-order valence-corrected chi connectivity index (χ3v) is 3.24. The molecule has 0 unspecified atom stereocenters. The molecular formula is C10H7Cl2N3OS. The number of rotatable bonds is 3. The van der Waals surface area contributed by atoms with E-state index in [0.717, 1.165) is 0 Å². The Balaban J connectivity index is 2.10. The lowest BCUT2D eigenvalue weighted by Crippen LogP contribution is -1.91. The van der Waals surface area contributed by atoms with Crippen LogP contribution in [0.4, 0.5) is 5.13 Å². The first-order valence-corrected chi connectivity index (χ1v) is 6.18. The zero-order valence-electron chi connectivity index (χ0n) is 8.39. The second-order valence-electron chi connectivity index (χ2n) is 3.02. The van der Waals surface area contributed by atoms with E-state index in [1.54, 1.807) is 18.2 Å². The quantitative estimate of drug-likeness (QED) is 0.670. The SMILES string of the molecule is Oc1csc(N/N=C/c2c(Cl)cccc2Cl)n1. The zero-order chi connectivity index (χ0) is 12.3. The van der Waals surface area contributed by atoms with Crippen LogP contribution in [-0.4, -0.2) is 16.3 Å². The summed E-state index contributed by atoms with van der Waals surface area (Å²) in [4.78, 5) is 3.77. The van der Waals surface area contributed by atoms with Gasteiger partial charge >= 0.3 is 0 Å². The Kier molecular flexibility index (Phi) is 3.83. The highest BCUT2D eigenvalue weighted by molar-refractivity contribution is 7.13. The maximum Gasteiger partial charge on any atom is 0.223 e. The van der Waals surface area contributed by atoms with E-state index in [1.165, 1.54) is 22.9 Å². The topological polar surface area (TPSA) is 57.5 Å². The summed E-state index contributed by atoms with van der Waals surface area (Å²) in [5, 5.41) is 16.0. The third-order valence-electron chi connectivity index (χ3n) is 1.85. The Morgan fingerprint density at radius 1 is 1.35 bits per heavy atom. The second kappa shape index (κ2) is 5.35. The van der Waals surface area contributed by atoms with Crippen LogP contribution >= 0.6 is 34.5 Å². The Bertz CT molecular complexity index is 536. The first kappa shape index (κ1) is 12.2. The van der Waals surface area contributed by atoms with Crippen LogP contribution in [0.1, 0.15) is 5.56 Å². The highest BCUT2D eigenvalue weighted by Crippen LogP contribution is 2.23. The van der Waals surface area contributed by atoms with E-state index in [4.69, 9.17) is 28.3 Å². The fraction of sp³-hybridized carbons (Fsp3) is 0. The normalized spacial score (nSPS) is 10.9. The van der Waals surface area contributed by atoms with Crippen LogP contribution in [-0.2, 0) is 0 Å². The van der Waals surface area contributed by atoms with Gasteiger partial charge in [-0.2, -0.15) is 10.1 Å². The monoisotopic (exact) mass is 287 g/mol. The molecule has 0 spiro atoms. The molecule has 88 valence electrons. The molecule has 1 heterocycles. The molecule has 1 aromatic heterocycles. The Labute approximate surface area is 112 Å². The van der Waals surface area contributed by atoms with Gasteiger partial charge in [0.25, 0.3) is 0 Å². The maximum atomic E-state index is 9.02. The molecule has 4 nitrogen and oxygen atoms in total. The van der Waals surface area contributed by atoms with Crippen LogP contribution in [0.5, 0.6) is 5.88 Å². The van der Waals surface area contributed by atoms with Crippen LogP contribution in [0, 0.1) is 0 Å². The molecule has 0 saturated heterocycles. The van der Waals surface area contributed by atoms with Gasteiger partial charge < -0.3 is 5.11 Å². The zero-order valence-corrected chi connectivity index (χ0v) is 10.7. The molecule has 2 N–H and O–H groups in total. The standard InChI is InChI=1S/C10H7Cl2N3OS/c11-7-2-1-3-8(12)6(7)4-13-15-10-14-9(16)5-17-10/h1-5,16H,(H,14,15)/b13-4+.